The third kappa shape index (κ3) is 5.99. The Hall–Kier alpha value is -0.370. The molecule has 0 aromatic heterocycles. The van der Waals surface area contributed by atoms with Gasteiger partial charge < -0.3 is 5.73 Å². The molecule has 1 aliphatic rings. The summed E-state index contributed by atoms with van der Waals surface area (Å²) in [4.78, 5) is 12.1. The molecule has 1 rings (SSSR count). The standard InChI is InChI=1S/C16H31NO/c1-2-3-4-5-6-10-13-15(17)16(18)14-11-8-7-9-12-14/h14-15H,2-13,17H2,1H3. The fourth-order valence-corrected chi connectivity index (χ4v) is 2.98. The van der Waals surface area contributed by atoms with Crippen LogP contribution in [0.15, 0.2) is 0 Å². The molecule has 1 atom stereocenters. The predicted octanol–water partition coefficient (Wildman–Crippen LogP) is 4.21. The lowest BCUT2D eigenvalue weighted by atomic mass is 9.83. The number of unbranched alkanes of at least 4 members (excludes halogenated alkanes) is 5. The number of carbonyl (C=O) groups excluding carboxylic acids is 1. The first-order valence-electron chi connectivity index (χ1n) is 8.05. The molecule has 0 heterocycles. The monoisotopic (exact) mass is 253 g/mol. The molecule has 0 aliphatic heterocycles. The van der Waals surface area contributed by atoms with Crippen LogP contribution in [0.2, 0.25) is 0 Å². The van der Waals surface area contributed by atoms with E-state index in [2.05, 4.69) is 6.92 Å². The maximum absolute atomic E-state index is 12.1. The van der Waals surface area contributed by atoms with Crippen molar-refractivity contribution in [3.8, 4) is 0 Å². The number of Topliss-reactive ketones (excluding diaryl/α,β-unsaturated/α-hetero) is 1. The highest BCUT2D eigenvalue weighted by molar-refractivity contribution is 5.86. The molecule has 0 aromatic rings. The van der Waals surface area contributed by atoms with Crippen LogP contribution in [0.4, 0.5) is 0 Å². The van der Waals surface area contributed by atoms with Gasteiger partial charge >= 0.3 is 0 Å². The molecule has 1 aliphatic carbocycles. The van der Waals surface area contributed by atoms with Gasteiger partial charge in [-0.05, 0) is 19.3 Å². The van der Waals surface area contributed by atoms with Crippen LogP contribution in [0.3, 0.4) is 0 Å². The molecule has 1 fully saturated rings. The summed E-state index contributed by atoms with van der Waals surface area (Å²) < 4.78 is 0. The number of carbonyl (C=O) groups is 1. The highest BCUT2D eigenvalue weighted by Crippen LogP contribution is 2.25. The van der Waals surface area contributed by atoms with Gasteiger partial charge in [-0.1, -0.05) is 64.7 Å². The van der Waals surface area contributed by atoms with Crippen molar-refractivity contribution in [3.63, 3.8) is 0 Å². The summed E-state index contributed by atoms with van der Waals surface area (Å²) in [6, 6.07) is -0.181. The first-order chi connectivity index (χ1) is 8.75. The molecule has 0 spiro atoms. The summed E-state index contributed by atoms with van der Waals surface area (Å²) in [7, 11) is 0. The van der Waals surface area contributed by atoms with Gasteiger partial charge in [-0.25, -0.2) is 0 Å². The largest absolute Gasteiger partial charge is 0.321 e. The van der Waals surface area contributed by atoms with E-state index >= 15 is 0 Å². The zero-order valence-corrected chi connectivity index (χ0v) is 12.1. The van der Waals surface area contributed by atoms with Gasteiger partial charge in [-0.15, -0.1) is 0 Å². The summed E-state index contributed by atoms with van der Waals surface area (Å²) in [5, 5.41) is 0. The highest BCUT2D eigenvalue weighted by atomic mass is 16.1. The number of ketones is 1. The third-order valence-electron chi connectivity index (χ3n) is 4.24. The lowest BCUT2D eigenvalue weighted by Crippen LogP contribution is -2.36. The van der Waals surface area contributed by atoms with E-state index in [0.29, 0.717) is 5.78 Å². The van der Waals surface area contributed by atoms with Crippen LogP contribution in [0, 0.1) is 5.92 Å². The molecule has 0 aromatic carbocycles. The molecule has 106 valence electrons. The van der Waals surface area contributed by atoms with Crippen molar-refractivity contribution in [1.29, 1.82) is 0 Å². The van der Waals surface area contributed by atoms with E-state index in [1.165, 1.54) is 51.4 Å². The Balaban J connectivity index is 2.07. The average Bonchev–Trinajstić information content (AvgIpc) is 2.42. The second kappa shape index (κ2) is 9.55. The molecule has 2 nitrogen and oxygen atoms in total. The fraction of sp³-hybridized carbons (Fsp3) is 0.938. The molecule has 0 bridgehead atoms. The fourth-order valence-electron chi connectivity index (χ4n) is 2.98. The van der Waals surface area contributed by atoms with Crippen molar-refractivity contribution >= 4 is 5.78 Å². The summed E-state index contributed by atoms with van der Waals surface area (Å²) in [5.74, 6) is 0.636. The van der Waals surface area contributed by atoms with Crippen molar-refractivity contribution in [3.05, 3.63) is 0 Å². The minimum Gasteiger partial charge on any atom is -0.321 e. The Morgan fingerprint density at radius 3 is 2.33 bits per heavy atom. The van der Waals surface area contributed by atoms with Crippen LogP contribution in [-0.2, 0) is 4.79 Å². The van der Waals surface area contributed by atoms with Crippen LogP contribution in [0.25, 0.3) is 0 Å². The van der Waals surface area contributed by atoms with Gasteiger partial charge in [0.05, 0.1) is 6.04 Å². The van der Waals surface area contributed by atoms with Gasteiger partial charge in [-0.3, -0.25) is 4.79 Å². The quantitative estimate of drug-likeness (QED) is 0.625. The third-order valence-corrected chi connectivity index (χ3v) is 4.24. The molecular formula is C16H31NO. The topological polar surface area (TPSA) is 43.1 Å². The van der Waals surface area contributed by atoms with Crippen LogP contribution in [-0.4, -0.2) is 11.8 Å². The van der Waals surface area contributed by atoms with E-state index in [1.54, 1.807) is 0 Å². The molecule has 18 heavy (non-hydrogen) atoms. The first kappa shape index (κ1) is 15.7. The SMILES string of the molecule is CCCCCCCCC(N)C(=O)C1CCCCC1. The predicted molar refractivity (Wildman–Crippen MR) is 77.6 cm³/mol. The average molecular weight is 253 g/mol. The van der Waals surface area contributed by atoms with Crippen molar-refractivity contribution < 1.29 is 4.79 Å². The Bertz CT molecular complexity index is 221. The molecule has 2 N–H and O–H groups in total. The molecule has 0 amide bonds. The van der Waals surface area contributed by atoms with Crippen LogP contribution < -0.4 is 5.73 Å². The van der Waals surface area contributed by atoms with Crippen molar-refractivity contribution in [1.82, 2.24) is 0 Å². The molecule has 1 saturated carbocycles. The summed E-state index contributed by atoms with van der Waals surface area (Å²) >= 11 is 0. The minimum atomic E-state index is -0.181. The van der Waals surface area contributed by atoms with Gasteiger partial charge in [0, 0.05) is 5.92 Å². The molecule has 1 unspecified atom stereocenters. The number of hydrogen-bond acceptors (Lipinski definition) is 2. The minimum absolute atomic E-state index is 0.181. The van der Waals surface area contributed by atoms with E-state index in [9.17, 15) is 4.79 Å². The number of rotatable bonds is 9. The first-order valence-corrected chi connectivity index (χ1v) is 8.05. The molecular weight excluding hydrogens is 222 g/mol. The Kier molecular flexibility index (Phi) is 8.32. The van der Waals surface area contributed by atoms with Crippen LogP contribution in [0.5, 0.6) is 0 Å². The van der Waals surface area contributed by atoms with Gasteiger partial charge in [-0.2, -0.15) is 0 Å². The lowest BCUT2D eigenvalue weighted by molar-refractivity contribution is -0.125. The van der Waals surface area contributed by atoms with Crippen molar-refractivity contribution in [2.75, 3.05) is 0 Å². The zero-order valence-electron chi connectivity index (χ0n) is 12.1. The summed E-state index contributed by atoms with van der Waals surface area (Å²) in [6.07, 6.45) is 14.5. The Morgan fingerprint density at radius 2 is 1.67 bits per heavy atom. The van der Waals surface area contributed by atoms with Crippen LogP contribution in [0.1, 0.15) is 84.0 Å². The summed E-state index contributed by atoms with van der Waals surface area (Å²) in [5.41, 5.74) is 6.04. The van der Waals surface area contributed by atoms with Crippen molar-refractivity contribution in [2.24, 2.45) is 11.7 Å². The van der Waals surface area contributed by atoms with E-state index < -0.39 is 0 Å². The maximum atomic E-state index is 12.1. The van der Waals surface area contributed by atoms with Crippen molar-refractivity contribution in [2.45, 2.75) is 90.0 Å². The van der Waals surface area contributed by atoms with Gasteiger partial charge in [0.2, 0.25) is 0 Å². The second-order valence-corrected chi connectivity index (χ2v) is 5.90. The molecule has 2 heteroatoms. The highest BCUT2D eigenvalue weighted by Gasteiger charge is 2.25. The smallest absolute Gasteiger partial charge is 0.152 e. The number of hydrogen-bond donors (Lipinski definition) is 1. The van der Waals surface area contributed by atoms with E-state index in [0.717, 1.165) is 25.7 Å². The Labute approximate surface area is 113 Å². The normalized spacial score (nSPS) is 18.8. The van der Waals surface area contributed by atoms with Gasteiger partial charge in [0.15, 0.2) is 5.78 Å². The van der Waals surface area contributed by atoms with E-state index in [4.69, 9.17) is 5.73 Å². The van der Waals surface area contributed by atoms with E-state index in [-0.39, 0.29) is 12.0 Å². The maximum Gasteiger partial charge on any atom is 0.152 e. The Morgan fingerprint density at radius 1 is 1.06 bits per heavy atom. The molecule has 0 saturated heterocycles. The number of nitrogens with two attached hydrogens (primary N) is 1. The lowest BCUT2D eigenvalue weighted by Gasteiger charge is -2.23. The summed E-state index contributed by atoms with van der Waals surface area (Å²) in [6.45, 7) is 2.23. The van der Waals surface area contributed by atoms with Gasteiger partial charge in [0.25, 0.3) is 0 Å². The second-order valence-electron chi connectivity index (χ2n) is 5.90. The zero-order chi connectivity index (χ0) is 13.2. The molecule has 0 radical (unpaired) electrons. The van der Waals surface area contributed by atoms with E-state index in [1.807, 2.05) is 0 Å². The van der Waals surface area contributed by atoms with Crippen LogP contribution >= 0.6 is 0 Å². The van der Waals surface area contributed by atoms with Gasteiger partial charge in [0.1, 0.15) is 0 Å².